The first kappa shape index (κ1) is 22.4. The van der Waals surface area contributed by atoms with Crippen LogP contribution in [0, 0.1) is 17.3 Å². The van der Waals surface area contributed by atoms with Crippen LogP contribution in [-0.4, -0.2) is 54.5 Å². The lowest BCUT2D eigenvalue weighted by Crippen LogP contribution is -2.56. The average Bonchev–Trinajstić information content (AvgIpc) is 3.43. The molecule has 2 aliphatic carbocycles. The second kappa shape index (κ2) is 8.86. The van der Waals surface area contributed by atoms with Crippen LogP contribution in [-0.2, 0) is 14.3 Å². The van der Waals surface area contributed by atoms with Crippen molar-refractivity contribution in [2.24, 2.45) is 17.3 Å². The summed E-state index contributed by atoms with van der Waals surface area (Å²) in [6, 6.07) is -0.733. The van der Waals surface area contributed by atoms with Gasteiger partial charge in [-0.15, -0.1) is 0 Å². The van der Waals surface area contributed by atoms with E-state index in [1.54, 1.807) is 20.8 Å². The van der Waals surface area contributed by atoms with Gasteiger partial charge in [-0.05, 0) is 56.8 Å². The normalized spacial score (nSPS) is 25.7. The van der Waals surface area contributed by atoms with Crippen LogP contribution in [0.1, 0.15) is 72.1 Å². The number of piperidine rings is 1. The van der Waals surface area contributed by atoms with Crippen molar-refractivity contribution < 1.29 is 23.1 Å². The summed E-state index contributed by atoms with van der Waals surface area (Å²) < 4.78 is 32.7. The summed E-state index contributed by atoms with van der Waals surface area (Å²) in [5.41, 5.74) is 0.471. The van der Waals surface area contributed by atoms with Crippen molar-refractivity contribution in [1.82, 2.24) is 10.2 Å². The minimum Gasteiger partial charge on any atom is -0.376 e. The third kappa shape index (κ3) is 5.89. The summed E-state index contributed by atoms with van der Waals surface area (Å²) in [5, 5.41) is 2.88. The molecular weight excluding hydrogens is 378 g/mol. The number of ether oxygens (including phenoxy) is 1. The Morgan fingerprint density at radius 3 is 2.14 bits per heavy atom. The highest BCUT2D eigenvalue weighted by molar-refractivity contribution is 5.88. The number of halogens is 2. The van der Waals surface area contributed by atoms with Crippen LogP contribution >= 0.6 is 0 Å². The SMILES string of the molecule is CC(C)C(=O)NC(C(=O)N1CCC2(CC1)CC2)C(C)OCC1CCC(F)(F)CC1. The fourth-order valence-electron chi connectivity index (χ4n) is 4.43. The van der Waals surface area contributed by atoms with Crippen molar-refractivity contribution in [3.63, 3.8) is 0 Å². The smallest absolute Gasteiger partial charge is 0.248 e. The van der Waals surface area contributed by atoms with Crippen LogP contribution in [0.5, 0.6) is 0 Å². The van der Waals surface area contributed by atoms with E-state index in [9.17, 15) is 18.4 Å². The summed E-state index contributed by atoms with van der Waals surface area (Å²) in [7, 11) is 0. The van der Waals surface area contributed by atoms with Gasteiger partial charge in [0.05, 0.1) is 6.10 Å². The van der Waals surface area contributed by atoms with Gasteiger partial charge in [-0.2, -0.15) is 0 Å². The van der Waals surface area contributed by atoms with Crippen molar-refractivity contribution in [3.8, 4) is 0 Å². The van der Waals surface area contributed by atoms with Crippen molar-refractivity contribution in [1.29, 1.82) is 0 Å². The van der Waals surface area contributed by atoms with Crippen molar-refractivity contribution in [2.45, 2.75) is 90.2 Å². The van der Waals surface area contributed by atoms with E-state index in [1.165, 1.54) is 12.8 Å². The van der Waals surface area contributed by atoms with E-state index in [2.05, 4.69) is 5.32 Å². The Morgan fingerprint density at radius 1 is 1.03 bits per heavy atom. The van der Waals surface area contributed by atoms with Gasteiger partial charge >= 0.3 is 0 Å². The van der Waals surface area contributed by atoms with Crippen molar-refractivity contribution in [3.05, 3.63) is 0 Å². The van der Waals surface area contributed by atoms with Gasteiger partial charge in [0.1, 0.15) is 6.04 Å². The first-order valence-corrected chi connectivity index (χ1v) is 11.2. The number of nitrogens with one attached hydrogen (secondary N) is 1. The van der Waals surface area contributed by atoms with Crippen LogP contribution in [0.15, 0.2) is 0 Å². The molecule has 3 rings (SSSR count). The molecule has 0 aromatic rings. The summed E-state index contributed by atoms with van der Waals surface area (Å²) in [5.74, 6) is -2.96. The molecule has 29 heavy (non-hydrogen) atoms. The number of amides is 2. The highest BCUT2D eigenvalue weighted by Gasteiger charge is 2.46. The third-order valence-electron chi connectivity index (χ3n) is 7.08. The molecule has 3 fully saturated rings. The fourth-order valence-corrected chi connectivity index (χ4v) is 4.43. The molecule has 7 heteroatoms. The Labute approximate surface area is 172 Å². The maximum absolute atomic E-state index is 13.4. The van der Waals surface area contributed by atoms with Crippen LogP contribution in [0.3, 0.4) is 0 Å². The summed E-state index contributed by atoms with van der Waals surface area (Å²) >= 11 is 0. The highest BCUT2D eigenvalue weighted by Crippen LogP contribution is 2.53. The minimum atomic E-state index is -2.56. The molecule has 1 N–H and O–H groups in total. The maximum Gasteiger partial charge on any atom is 0.248 e. The molecule has 2 amide bonds. The number of hydrogen-bond acceptors (Lipinski definition) is 3. The standard InChI is InChI=1S/C22H36F2N2O3/c1-15(2)19(27)25-18(20(28)26-12-10-21(8-9-21)11-13-26)16(3)29-14-17-4-6-22(23,24)7-5-17/h15-18H,4-14H2,1-3H3,(H,25,27). The second-order valence-corrected chi connectivity index (χ2v) is 9.80. The molecule has 2 saturated carbocycles. The van der Waals surface area contributed by atoms with E-state index in [0.717, 1.165) is 25.9 Å². The molecule has 2 unspecified atom stereocenters. The Balaban J connectivity index is 1.56. The third-order valence-corrected chi connectivity index (χ3v) is 7.08. The van der Waals surface area contributed by atoms with E-state index in [0.29, 0.717) is 24.9 Å². The predicted octanol–water partition coefficient (Wildman–Crippen LogP) is 3.76. The summed E-state index contributed by atoms with van der Waals surface area (Å²) in [6.45, 7) is 7.20. The molecule has 1 saturated heterocycles. The van der Waals surface area contributed by atoms with Gasteiger partial charge in [0.25, 0.3) is 0 Å². The summed E-state index contributed by atoms with van der Waals surface area (Å²) in [6.07, 6.45) is 4.78. The fraction of sp³-hybridized carbons (Fsp3) is 0.909. The van der Waals surface area contributed by atoms with Crippen LogP contribution < -0.4 is 5.32 Å². The van der Waals surface area contributed by atoms with E-state index < -0.39 is 18.1 Å². The zero-order valence-corrected chi connectivity index (χ0v) is 18.0. The lowest BCUT2D eigenvalue weighted by molar-refractivity contribution is -0.143. The quantitative estimate of drug-likeness (QED) is 0.690. The van der Waals surface area contributed by atoms with Gasteiger partial charge in [-0.3, -0.25) is 9.59 Å². The van der Waals surface area contributed by atoms with Crippen molar-refractivity contribution >= 4 is 11.8 Å². The summed E-state index contributed by atoms with van der Waals surface area (Å²) in [4.78, 5) is 27.4. The largest absolute Gasteiger partial charge is 0.376 e. The minimum absolute atomic E-state index is 0.0818. The van der Waals surface area contributed by atoms with E-state index in [1.807, 2.05) is 4.90 Å². The number of alkyl halides is 2. The van der Waals surface area contributed by atoms with Crippen LogP contribution in [0.4, 0.5) is 8.78 Å². The van der Waals surface area contributed by atoms with Crippen LogP contribution in [0.25, 0.3) is 0 Å². The first-order chi connectivity index (χ1) is 13.6. The lowest BCUT2D eigenvalue weighted by atomic mass is 9.87. The van der Waals surface area contributed by atoms with Gasteiger partial charge in [-0.25, -0.2) is 8.78 Å². The predicted molar refractivity (Wildman–Crippen MR) is 107 cm³/mol. The average molecular weight is 415 g/mol. The van der Waals surface area contributed by atoms with Gasteiger partial charge < -0.3 is 15.0 Å². The number of carbonyl (C=O) groups is 2. The zero-order chi connectivity index (χ0) is 21.2. The highest BCUT2D eigenvalue weighted by atomic mass is 19.3. The van der Waals surface area contributed by atoms with Gasteiger partial charge in [0, 0.05) is 38.5 Å². The van der Waals surface area contributed by atoms with E-state index in [-0.39, 0.29) is 36.5 Å². The van der Waals surface area contributed by atoms with E-state index in [4.69, 9.17) is 4.74 Å². The molecule has 166 valence electrons. The topological polar surface area (TPSA) is 58.6 Å². The first-order valence-electron chi connectivity index (χ1n) is 11.2. The Hall–Kier alpha value is -1.24. The Morgan fingerprint density at radius 2 is 1.62 bits per heavy atom. The lowest BCUT2D eigenvalue weighted by Gasteiger charge is -2.36. The zero-order valence-electron chi connectivity index (χ0n) is 18.0. The van der Waals surface area contributed by atoms with E-state index >= 15 is 0 Å². The van der Waals surface area contributed by atoms with Crippen molar-refractivity contribution in [2.75, 3.05) is 19.7 Å². The molecule has 2 atom stereocenters. The monoisotopic (exact) mass is 414 g/mol. The Bertz CT molecular complexity index is 587. The van der Waals surface area contributed by atoms with Gasteiger partial charge in [-0.1, -0.05) is 13.8 Å². The molecule has 1 spiro atoms. The molecule has 1 heterocycles. The number of nitrogens with zero attached hydrogens (tertiary/aromatic N) is 1. The number of likely N-dealkylation sites (tertiary alicyclic amines) is 1. The molecule has 1 aliphatic heterocycles. The molecule has 0 aromatic carbocycles. The molecule has 3 aliphatic rings. The molecule has 0 bridgehead atoms. The number of carbonyl (C=O) groups excluding carboxylic acids is 2. The molecular formula is C22H36F2N2O3. The van der Waals surface area contributed by atoms with Gasteiger partial charge in [0.2, 0.25) is 17.7 Å². The molecule has 0 radical (unpaired) electrons. The second-order valence-electron chi connectivity index (χ2n) is 9.80. The number of hydrogen-bond donors (Lipinski definition) is 1. The maximum atomic E-state index is 13.4. The Kier molecular flexibility index (Phi) is 6.86. The van der Waals surface area contributed by atoms with Crippen LogP contribution in [0.2, 0.25) is 0 Å². The van der Waals surface area contributed by atoms with Gasteiger partial charge in [0.15, 0.2) is 0 Å². The molecule has 0 aromatic heterocycles. The number of rotatable bonds is 7. The molecule has 5 nitrogen and oxygen atoms in total.